The van der Waals surface area contributed by atoms with Crippen molar-refractivity contribution in [1.82, 2.24) is 15.3 Å². The molecule has 0 bridgehead atoms. The number of benzene rings is 1. The van der Waals surface area contributed by atoms with Crippen molar-refractivity contribution in [3.8, 4) is 0 Å². The first-order valence-corrected chi connectivity index (χ1v) is 8.49. The Morgan fingerprint density at radius 2 is 1.96 bits per heavy atom. The summed E-state index contributed by atoms with van der Waals surface area (Å²) in [5.41, 5.74) is 1.17. The Kier molecular flexibility index (Phi) is 6.16. The molecular formula is C16H16ClN3O3S. The van der Waals surface area contributed by atoms with Crippen LogP contribution in [0.5, 0.6) is 0 Å². The second-order valence-electron chi connectivity index (χ2n) is 5.10. The molecule has 0 aliphatic heterocycles. The van der Waals surface area contributed by atoms with E-state index in [1.165, 1.54) is 6.92 Å². The molecule has 0 saturated carbocycles. The summed E-state index contributed by atoms with van der Waals surface area (Å²) in [5.74, 6) is -0.367. The van der Waals surface area contributed by atoms with Gasteiger partial charge < -0.3 is 10.3 Å². The van der Waals surface area contributed by atoms with Crippen molar-refractivity contribution in [2.45, 2.75) is 25.4 Å². The van der Waals surface area contributed by atoms with Crippen LogP contribution in [0.4, 0.5) is 0 Å². The van der Waals surface area contributed by atoms with Gasteiger partial charge in [0.2, 0.25) is 5.91 Å². The van der Waals surface area contributed by atoms with Gasteiger partial charge in [0.15, 0.2) is 5.78 Å². The molecule has 1 heterocycles. The maximum Gasteiger partial charge on any atom is 0.346 e. The fourth-order valence-electron chi connectivity index (χ4n) is 2.07. The van der Waals surface area contributed by atoms with E-state index in [2.05, 4.69) is 15.3 Å². The van der Waals surface area contributed by atoms with Crippen molar-refractivity contribution in [2.75, 3.05) is 5.75 Å². The van der Waals surface area contributed by atoms with Crippen molar-refractivity contribution >= 4 is 35.1 Å². The summed E-state index contributed by atoms with van der Waals surface area (Å²) in [5, 5.41) is 3.67. The molecule has 0 radical (unpaired) electrons. The maximum absolute atomic E-state index is 12.0. The molecule has 1 amide bonds. The average molecular weight is 366 g/mol. The normalized spacial score (nSPS) is 10.5. The highest BCUT2D eigenvalue weighted by Crippen LogP contribution is 2.21. The van der Waals surface area contributed by atoms with Crippen LogP contribution in [0.15, 0.2) is 34.1 Å². The van der Waals surface area contributed by atoms with Gasteiger partial charge in [-0.25, -0.2) is 4.79 Å². The van der Waals surface area contributed by atoms with E-state index in [4.69, 9.17) is 11.6 Å². The molecule has 0 spiro atoms. The number of amides is 1. The second kappa shape index (κ2) is 8.12. The fourth-order valence-corrected chi connectivity index (χ4v) is 3.15. The van der Waals surface area contributed by atoms with Gasteiger partial charge in [-0.2, -0.15) is 4.98 Å². The minimum atomic E-state index is -0.540. The fraction of sp³-hybridized carbons (Fsp3) is 0.250. The van der Waals surface area contributed by atoms with Crippen LogP contribution in [-0.2, 0) is 11.3 Å². The molecule has 24 heavy (non-hydrogen) atoms. The predicted octanol–water partition coefficient (Wildman–Crippen LogP) is 2.34. The van der Waals surface area contributed by atoms with E-state index in [9.17, 15) is 14.4 Å². The average Bonchev–Trinajstić information content (AvgIpc) is 2.51. The Morgan fingerprint density at radius 3 is 2.58 bits per heavy atom. The largest absolute Gasteiger partial charge is 0.351 e. The van der Waals surface area contributed by atoms with E-state index in [0.29, 0.717) is 22.8 Å². The topological polar surface area (TPSA) is 91.9 Å². The molecule has 2 aromatic rings. The van der Waals surface area contributed by atoms with Gasteiger partial charge in [-0.05, 0) is 31.5 Å². The third kappa shape index (κ3) is 4.94. The van der Waals surface area contributed by atoms with Crippen LogP contribution in [0.1, 0.15) is 28.5 Å². The van der Waals surface area contributed by atoms with Gasteiger partial charge in [0.1, 0.15) is 5.03 Å². The minimum absolute atomic E-state index is 0.0593. The van der Waals surface area contributed by atoms with E-state index in [0.717, 1.165) is 17.3 Å². The molecule has 2 rings (SSSR count). The van der Waals surface area contributed by atoms with Crippen molar-refractivity contribution in [3.63, 3.8) is 0 Å². The molecule has 1 aromatic heterocycles. The second-order valence-corrected chi connectivity index (χ2v) is 6.50. The number of aryl methyl sites for hydroxylation is 1. The molecule has 8 heteroatoms. The number of nitrogens with zero attached hydrogens (tertiary/aromatic N) is 1. The first kappa shape index (κ1) is 18.2. The number of rotatable bonds is 6. The van der Waals surface area contributed by atoms with Crippen LogP contribution in [0.2, 0.25) is 5.02 Å². The predicted molar refractivity (Wildman–Crippen MR) is 93.6 cm³/mol. The summed E-state index contributed by atoms with van der Waals surface area (Å²) in [6.07, 6.45) is 0. The molecule has 0 unspecified atom stereocenters. The van der Waals surface area contributed by atoms with Crippen LogP contribution in [0.3, 0.4) is 0 Å². The van der Waals surface area contributed by atoms with E-state index < -0.39 is 5.69 Å². The molecule has 126 valence electrons. The summed E-state index contributed by atoms with van der Waals surface area (Å²) < 4.78 is 0. The number of hydrogen-bond acceptors (Lipinski definition) is 5. The molecule has 0 saturated heterocycles. The number of ketones is 1. The maximum atomic E-state index is 12.0. The van der Waals surface area contributed by atoms with Gasteiger partial charge in [-0.3, -0.25) is 9.59 Å². The van der Waals surface area contributed by atoms with Gasteiger partial charge in [0.25, 0.3) is 0 Å². The highest BCUT2D eigenvalue weighted by Gasteiger charge is 2.15. The molecule has 6 nitrogen and oxygen atoms in total. The number of carbonyl (C=O) groups excluding carboxylic acids is 2. The molecule has 2 N–H and O–H groups in total. The third-order valence-electron chi connectivity index (χ3n) is 3.18. The summed E-state index contributed by atoms with van der Waals surface area (Å²) >= 11 is 6.87. The van der Waals surface area contributed by atoms with Gasteiger partial charge in [-0.1, -0.05) is 35.5 Å². The van der Waals surface area contributed by atoms with Gasteiger partial charge in [0.05, 0.1) is 11.3 Å². The highest BCUT2D eigenvalue weighted by atomic mass is 35.5. The molecule has 0 atom stereocenters. The van der Waals surface area contributed by atoms with Crippen LogP contribution in [0.25, 0.3) is 0 Å². The molecule has 0 aliphatic carbocycles. The lowest BCUT2D eigenvalue weighted by Gasteiger charge is -2.08. The molecular weight excluding hydrogens is 350 g/mol. The number of H-pyrrole nitrogens is 1. The zero-order valence-corrected chi connectivity index (χ0v) is 14.8. The summed E-state index contributed by atoms with van der Waals surface area (Å²) in [6.45, 7) is 3.40. The lowest BCUT2D eigenvalue weighted by molar-refractivity contribution is -0.118. The minimum Gasteiger partial charge on any atom is -0.351 e. The highest BCUT2D eigenvalue weighted by molar-refractivity contribution is 8.00. The lowest BCUT2D eigenvalue weighted by atomic mass is 10.2. The van der Waals surface area contributed by atoms with Crippen molar-refractivity contribution in [1.29, 1.82) is 0 Å². The first-order valence-electron chi connectivity index (χ1n) is 7.12. The summed E-state index contributed by atoms with van der Waals surface area (Å²) in [4.78, 5) is 41.4. The monoisotopic (exact) mass is 365 g/mol. The van der Waals surface area contributed by atoms with E-state index in [1.807, 2.05) is 12.1 Å². The standard InChI is InChI=1S/C16H16ClN3O3S/c1-9-14(10(2)21)15(20-16(23)19-9)24-8-13(22)18-7-11-3-5-12(17)6-4-11/h3-6H,7-8H2,1-2H3,(H,18,22)(H,19,20,23). The number of carbonyl (C=O) groups is 2. The number of Topliss-reactive ketones (excluding diaryl/α,β-unsaturated/α-hetero) is 1. The Labute approximate surface area is 148 Å². The van der Waals surface area contributed by atoms with Gasteiger partial charge in [0, 0.05) is 17.3 Å². The van der Waals surface area contributed by atoms with E-state index in [1.54, 1.807) is 19.1 Å². The number of halogens is 1. The molecule has 1 aromatic carbocycles. The zero-order chi connectivity index (χ0) is 17.7. The van der Waals surface area contributed by atoms with Crippen LogP contribution in [-0.4, -0.2) is 27.4 Å². The number of nitrogens with one attached hydrogen (secondary N) is 2. The zero-order valence-electron chi connectivity index (χ0n) is 13.2. The van der Waals surface area contributed by atoms with Crippen molar-refractivity contribution in [3.05, 3.63) is 56.6 Å². The van der Waals surface area contributed by atoms with E-state index >= 15 is 0 Å². The Balaban J connectivity index is 1.98. The van der Waals surface area contributed by atoms with Gasteiger partial charge in [-0.15, -0.1) is 0 Å². The van der Waals surface area contributed by atoms with Crippen LogP contribution in [0, 0.1) is 6.92 Å². The number of aromatic amines is 1. The van der Waals surface area contributed by atoms with Crippen molar-refractivity contribution in [2.24, 2.45) is 0 Å². The van der Waals surface area contributed by atoms with Crippen LogP contribution < -0.4 is 11.0 Å². The Morgan fingerprint density at radius 1 is 1.29 bits per heavy atom. The number of aromatic nitrogens is 2. The Bertz CT molecular complexity index is 818. The van der Waals surface area contributed by atoms with Crippen molar-refractivity contribution < 1.29 is 9.59 Å². The number of thioether (sulfide) groups is 1. The SMILES string of the molecule is CC(=O)c1c(SCC(=O)NCc2ccc(Cl)cc2)nc(=O)[nH]c1C. The quantitative estimate of drug-likeness (QED) is 0.465. The number of hydrogen-bond donors (Lipinski definition) is 2. The van der Waals surface area contributed by atoms with E-state index in [-0.39, 0.29) is 22.5 Å². The Hall–Kier alpha value is -2.12. The first-order chi connectivity index (χ1) is 11.4. The molecule has 0 aliphatic rings. The summed E-state index contributed by atoms with van der Waals surface area (Å²) in [6, 6.07) is 7.15. The van der Waals surface area contributed by atoms with Gasteiger partial charge >= 0.3 is 5.69 Å². The third-order valence-corrected chi connectivity index (χ3v) is 4.41. The van der Waals surface area contributed by atoms with Crippen LogP contribution >= 0.6 is 23.4 Å². The molecule has 0 fully saturated rings. The lowest BCUT2D eigenvalue weighted by Crippen LogP contribution is -2.25. The smallest absolute Gasteiger partial charge is 0.346 e. The summed E-state index contributed by atoms with van der Waals surface area (Å²) in [7, 11) is 0.